The Morgan fingerprint density at radius 3 is 1.75 bits per heavy atom. The number of amides is 2. The second-order valence-electron chi connectivity index (χ2n) is 10.3. The molecule has 0 unspecified atom stereocenters. The van der Waals surface area contributed by atoms with E-state index in [1.807, 2.05) is 104 Å². The van der Waals surface area contributed by atoms with Crippen LogP contribution in [0.25, 0.3) is 0 Å². The summed E-state index contributed by atoms with van der Waals surface area (Å²) in [5.41, 5.74) is 7.48. The molecule has 8 nitrogen and oxygen atoms in total. The fourth-order valence-electron chi connectivity index (χ4n) is 4.88. The van der Waals surface area contributed by atoms with E-state index >= 15 is 0 Å². The number of carbonyl (C=O) groups excluding carboxylic acids is 2. The van der Waals surface area contributed by atoms with Crippen molar-refractivity contribution >= 4 is 40.3 Å². The molecule has 4 aromatic rings. The van der Waals surface area contributed by atoms with E-state index in [2.05, 4.69) is 20.9 Å². The summed E-state index contributed by atoms with van der Waals surface area (Å²) >= 11 is 0. The summed E-state index contributed by atoms with van der Waals surface area (Å²) < 4.78 is 2.00. The van der Waals surface area contributed by atoms with Gasteiger partial charge in [0.25, 0.3) is 11.8 Å². The number of anilines is 5. The number of aliphatic hydroxyl groups is 1. The minimum atomic E-state index is -0.211. The summed E-state index contributed by atoms with van der Waals surface area (Å²) in [5.74, 6) is -0.293. The Kier molecular flexibility index (Phi) is 7.89. The lowest BCUT2D eigenvalue weighted by Crippen LogP contribution is -2.35. The second kappa shape index (κ2) is 11.7. The quantitative estimate of drug-likeness (QED) is 0.237. The fraction of sp³-hybridized carbons (Fsp3) is 0.250. The molecule has 40 heavy (non-hydrogen) atoms. The predicted molar refractivity (Wildman–Crippen MR) is 161 cm³/mol. The molecule has 0 radical (unpaired) electrons. The van der Waals surface area contributed by atoms with Crippen LogP contribution in [-0.2, 0) is 7.05 Å². The van der Waals surface area contributed by atoms with Gasteiger partial charge in [0.05, 0.1) is 11.7 Å². The molecule has 1 saturated heterocycles. The Labute approximate surface area is 234 Å². The molecular formula is C32H35N5O3. The van der Waals surface area contributed by atoms with E-state index in [1.54, 1.807) is 0 Å². The van der Waals surface area contributed by atoms with Gasteiger partial charge in [-0.25, -0.2) is 0 Å². The third-order valence-electron chi connectivity index (χ3n) is 7.55. The Bertz CT molecular complexity index is 1480. The van der Waals surface area contributed by atoms with Gasteiger partial charge in [-0.1, -0.05) is 0 Å². The Morgan fingerprint density at radius 2 is 1.25 bits per heavy atom. The molecule has 0 spiro atoms. The van der Waals surface area contributed by atoms with E-state index in [-0.39, 0.29) is 17.9 Å². The third-order valence-corrected chi connectivity index (χ3v) is 7.55. The summed E-state index contributed by atoms with van der Waals surface area (Å²) in [5, 5.41) is 19.0. The largest absolute Gasteiger partial charge is 0.393 e. The number of nitrogens with zero attached hydrogens (tertiary/aromatic N) is 2. The highest BCUT2D eigenvalue weighted by molar-refractivity contribution is 6.05. The van der Waals surface area contributed by atoms with E-state index in [9.17, 15) is 14.7 Å². The van der Waals surface area contributed by atoms with Crippen molar-refractivity contribution in [3.8, 4) is 0 Å². The van der Waals surface area contributed by atoms with Crippen LogP contribution in [0.15, 0.2) is 78.9 Å². The number of aliphatic hydroxyl groups excluding tert-OH is 1. The maximum Gasteiger partial charge on any atom is 0.257 e. The normalized spacial score (nSPS) is 13.7. The molecule has 0 aliphatic carbocycles. The molecule has 1 aromatic heterocycles. The SMILES string of the molecule is Cc1cc(C(=O)Nc2ccc(Nc3ccc(NC(=O)c4ccc(N5CCC(O)CC5)cc4)cc3)cc2)c(C)n1C. The van der Waals surface area contributed by atoms with E-state index < -0.39 is 0 Å². The molecule has 1 aliphatic rings. The van der Waals surface area contributed by atoms with E-state index in [0.29, 0.717) is 16.8 Å². The smallest absolute Gasteiger partial charge is 0.257 e. The number of benzene rings is 3. The minimum absolute atomic E-state index is 0.127. The lowest BCUT2D eigenvalue weighted by atomic mass is 10.1. The first-order chi connectivity index (χ1) is 19.3. The summed E-state index contributed by atoms with van der Waals surface area (Å²) in [6.45, 7) is 5.56. The highest BCUT2D eigenvalue weighted by Crippen LogP contribution is 2.24. The van der Waals surface area contributed by atoms with Gasteiger partial charge in [-0.2, -0.15) is 0 Å². The lowest BCUT2D eigenvalue weighted by Gasteiger charge is -2.31. The highest BCUT2D eigenvalue weighted by Gasteiger charge is 2.18. The molecule has 0 bridgehead atoms. The van der Waals surface area contributed by atoms with Gasteiger partial charge in [0.2, 0.25) is 0 Å². The number of aromatic nitrogens is 1. The monoisotopic (exact) mass is 537 g/mol. The summed E-state index contributed by atoms with van der Waals surface area (Å²) in [6.07, 6.45) is 1.33. The zero-order chi connectivity index (χ0) is 28.2. The van der Waals surface area contributed by atoms with Gasteiger partial charge >= 0.3 is 0 Å². The van der Waals surface area contributed by atoms with Gasteiger partial charge < -0.3 is 30.5 Å². The average molecular weight is 538 g/mol. The van der Waals surface area contributed by atoms with E-state index in [4.69, 9.17) is 0 Å². The first-order valence-corrected chi connectivity index (χ1v) is 13.5. The maximum atomic E-state index is 12.8. The molecule has 5 rings (SSSR count). The number of piperidine rings is 1. The molecule has 206 valence electrons. The van der Waals surface area contributed by atoms with E-state index in [0.717, 1.165) is 60.1 Å². The minimum Gasteiger partial charge on any atom is -0.393 e. The molecule has 2 amide bonds. The standard InChI is InChI=1S/C32H35N5O3/c1-21-20-30(22(2)36(21)3)32(40)35-27-12-8-25(9-13-27)33-24-6-10-26(11-7-24)34-31(39)23-4-14-28(15-5-23)37-18-16-29(38)17-19-37/h4-15,20,29,33,38H,16-19H2,1-3H3,(H,34,39)(H,35,40). The van der Waals surface area contributed by atoms with Crippen LogP contribution in [0.2, 0.25) is 0 Å². The van der Waals surface area contributed by atoms with Crippen LogP contribution in [0.5, 0.6) is 0 Å². The predicted octanol–water partition coefficient (Wildman–Crippen LogP) is 5.85. The van der Waals surface area contributed by atoms with Gasteiger partial charge in [-0.05, 0) is 106 Å². The number of hydrogen-bond donors (Lipinski definition) is 4. The zero-order valence-electron chi connectivity index (χ0n) is 23.1. The second-order valence-corrected chi connectivity index (χ2v) is 10.3. The van der Waals surface area contributed by atoms with Gasteiger partial charge in [0.15, 0.2) is 0 Å². The number of aryl methyl sites for hydroxylation is 1. The summed E-state index contributed by atoms with van der Waals surface area (Å²) in [7, 11) is 1.95. The van der Waals surface area contributed by atoms with Crippen LogP contribution in [0, 0.1) is 13.8 Å². The first-order valence-electron chi connectivity index (χ1n) is 13.5. The van der Waals surface area contributed by atoms with Crippen LogP contribution < -0.4 is 20.9 Å². The molecule has 1 aliphatic heterocycles. The number of carbonyl (C=O) groups is 2. The molecule has 8 heteroatoms. The summed E-state index contributed by atoms with van der Waals surface area (Å²) in [4.78, 5) is 27.7. The van der Waals surface area contributed by atoms with Crippen molar-refractivity contribution in [2.45, 2.75) is 32.8 Å². The van der Waals surface area contributed by atoms with Crippen LogP contribution in [-0.4, -0.2) is 40.7 Å². The van der Waals surface area contributed by atoms with Gasteiger partial charge in [-0.3, -0.25) is 9.59 Å². The lowest BCUT2D eigenvalue weighted by molar-refractivity contribution is 0.101. The molecule has 2 heterocycles. The van der Waals surface area contributed by atoms with Gasteiger partial charge in [-0.15, -0.1) is 0 Å². The van der Waals surface area contributed by atoms with Crippen LogP contribution in [0.1, 0.15) is 44.9 Å². The Balaban J connectivity index is 1.13. The molecule has 0 saturated carbocycles. The zero-order valence-corrected chi connectivity index (χ0v) is 23.1. The Hall–Kier alpha value is -4.56. The molecule has 1 fully saturated rings. The van der Waals surface area contributed by atoms with Gasteiger partial charge in [0.1, 0.15) is 0 Å². The molecule has 3 aromatic carbocycles. The number of nitrogens with one attached hydrogen (secondary N) is 3. The van der Waals surface area contributed by atoms with Crippen molar-refractivity contribution in [3.05, 3.63) is 101 Å². The van der Waals surface area contributed by atoms with Crippen LogP contribution in [0.4, 0.5) is 28.4 Å². The first kappa shape index (κ1) is 27.0. The van der Waals surface area contributed by atoms with Crippen molar-refractivity contribution in [2.24, 2.45) is 7.05 Å². The van der Waals surface area contributed by atoms with Crippen molar-refractivity contribution in [2.75, 3.05) is 33.9 Å². The number of hydrogen-bond acceptors (Lipinski definition) is 5. The van der Waals surface area contributed by atoms with E-state index in [1.165, 1.54) is 0 Å². The van der Waals surface area contributed by atoms with Crippen molar-refractivity contribution in [1.29, 1.82) is 0 Å². The molecule has 4 N–H and O–H groups in total. The average Bonchev–Trinajstić information content (AvgIpc) is 3.23. The topological polar surface area (TPSA) is 98.6 Å². The summed E-state index contributed by atoms with van der Waals surface area (Å²) in [6, 6.07) is 24.5. The highest BCUT2D eigenvalue weighted by atomic mass is 16.3. The van der Waals surface area contributed by atoms with Crippen molar-refractivity contribution in [1.82, 2.24) is 4.57 Å². The maximum absolute atomic E-state index is 12.8. The van der Waals surface area contributed by atoms with Crippen molar-refractivity contribution < 1.29 is 14.7 Å². The van der Waals surface area contributed by atoms with Crippen molar-refractivity contribution in [3.63, 3.8) is 0 Å². The molecular weight excluding hydrogens is 502 g/mol. The molecule has 0 atom stereocenters. The number of rotatable bonds is 7. The Morgan fingerprint density at radius 1 is 0.750 bits per heavy atom. The third kappa shape index (κ3) is 6.18. The van der Waals surface area contributed by atoms with Crippen LogP contribution in [0.3, 0.4) is 0 Å². The van der Waals surface area contributed by atoms with Crippen LogP contribution >= 0.6 is 0 Å². The van der Waals surface area contributed by atoms with Gasteiger partial charge in [0, 0.05) is 65.5 Å². The fourth-order valence-corrected chi connectivity index (χ4v) is 4.88.